The summed E-state index contributed by atoms with van der Waals surface area (Å²) in [6.07, 6.45) is 0. The Morgan fingerprint density at radius 1 is 1.56 bits per heavy atom. The van der Waals surface area contributed by atoms with Crippen molar-refractivity contribution in [2.75, 3.05) is 14.2 Å². The number of carbonyl (C=O) groups is 1. The molecular formula is C4H6BrNO3. The molecule has 0 unspecified atom stereocenters. The molecule has 9 heavy (non-hydrogen) atoms. The largest absolute Gasteiger partial charge is 0.464 e. The average Bonchev–Trinajstić information content (AvgIpc) is 1.87. The van der Waals surface area contributed by atoms with E-state index in [1.54, 1.807) is 0 Å². The van der Waals surface area contributed by atoms with Crippen molar-refractivity contribution in [3.05, 3.63) is 0 Å². The van der Waals surface area contributed by atoms with E-state index in [0.29, 0.717) is 0 Å². The summed E-state index contributed by atoms with van der Waals surface area (Å²) in [6, 6.07) is 0. The molecule has 5 heteroatoms. The summed E-state index contributed by atoms with van der Waals surface area (Å²) in [5.74, 6) is -0.558. The van der Waals surface area contributed by atoms with E-state index in [-0.39, 0.29) is 4.62 Å². The Kier molecular flexibility index (Phi) is 4.04. The van der Waals surface area contributed by atoms with Gasteiger partial charge in [0.1, 0.15) is 7.11 Å². The van der Waals surface area contributed by atoms with Gasteiger partial charge in [-0.2, -0.15) is 0 Å². The maximum absolute atomic E-state index is 10.4. The topological polar surface area (TPSA) is 47.9 Å². The van der Waals surface area contributed by atoms with Crippen LogP contribution in [0.25, 0.3) is 0 Å². The maximum atomic E-state index is 10.4. The van der Waals surface area contributed by atoms with Gasteiger partial charge in [-0.3, -0.25) is 0 Å². The quantitative estimate of drug-likeness (QED) is 0.367. The number of ether oxygens (including phenoxy) is 1. The lowest BCUT2D eigenvalue weighted by atomic mass is 10.8. The van der Waals surface area contributed by atoms with Gasteiger partial charge in [0.15, 0.2) is 0 Å². The molecule has 0 aromatic heterocycles. The molecule has 0 aliphatic carbocycles. The third-order valence-electron chi connectivity index (χ3n) is 0.525. The van der Waals surface area contributed by atoms with Crippen molar-refractivity contribution in [2.45, 2.75) is 0 Å². The van der Waals surface area contributed by atoms with Crippen molar-refractivity contribution in [2.24, 2.45) is 5.16 Å². The van der Waals surface area contributed by atoms with Crippen molar-refractivity contribution in [3.63, 3.8) is 0 Å². The molecule has 52 valence electrons. The summed E-state index contributed by atoms with van der Waals surface area (Å²) in [5, 5.41) is 3.25. The van der Waals surface area contributed by atoms with Gasteiger partial charge in [-0.25, -0.2) is 4.79 Å². The molecule has 0 saturated carbocycles. The minimum atomic E-state index is -0.558. The van der Waals surface area contributed by atoms with Crippen molar-refractivity contribution >= 4 is 26.5 Å². The fourth-order valence-electron chi connectivity index (χ4n) is 0.202. The average molecular weight is 196 g/mol. The standard InChI is InChI=1S/C4H6BrNO3/c1-8-4(7)3(5)6-9-2/h1-2H3/b6-3+. The van der Waals surface area contributed by atoms with E-state index in [2.05, 4.69) is 30.7 Å². The fourth-order valence-corrected chi connectivity index (χ4v) is 0.508. The van der Waals surface area contributed by atoms with E-state index in [9.17, 15) is 4.79 Å². The molecule has 0 aliphatic rings. The third-order valence-corrected chi connectivity index (χ3v) is 0.994. The van der Waals surface area contributed by atoms with E-state index in [1.807, 2.05) is 0 Å². The molecule has 0 bridgehead atoms. The molecule has 0 heterocycles. The maximum Gasteiger partial charge on any atom is 0.367 e. The molecule has 4 nitrogen and oxygen atoms in total. The van der Waals surface area contributed by atoms with Crippen LogP contribution in [-0.4, -0.2) is 24.8 Å². The number of halogens is 1. The van der Waals surface area contributed by atoms with Crippen LogP contribution in [0.1, 0.15) is 0 Å². The van der Waals surface area contributed by atoms with Crippen molar-refractivity contribution < 1.29 is 14.4 Å². The molecule has 0 spiro atoms. The van der Waals surface area contributed by atoms with Crippen LogP contribution in [0.15, 0.2) is 5.16 Å². The SMILES string of the molecule is CO/N=C(/Br)C(=O)OC. The number of rotatable bonds is 2. The molecule has 0 rings (SSSR count). The number of oxime groups is 1. The molecule has 0 aromatic rings. The fraction of sp³-hybridized carbons (Fsp3) is 0.500. The first-order valence-corrected chi connectivity index (χ1v) is 2.86. The van der Waals surface area contributed by atoms with E-state index >= 15 is 0 Å². The third kappa shape index (κ3) is 3.07. The van der Waals surface area contributed by atoms with Crippen molar-refractivity contribution in [3.8, 4) is 0 Å². The summed E-state index contributed by atoms with van der Waals surface area (Å²) >= 11 is 2.81. The summed E-state index contributed by atoms with van der Waals surface area (Å²) in [6.45, 7) is 0. The van der Waals surface area contributed by atoms with E-state index in [1.165, 1.54) is 14.2 Å². The van der Waals surface area contributed by atoms with Gasteiger partial charge < -0.3 is 9.57 Å². The smallest absolute Gasteiger partial charge is 0.367 e. The molecule has 0 fully saturated rings. The highest BCUT2D eigenvalue weighted by molar-refractivity contribution is 9.19. The van der Waals surface area contributed by atoms with Crippen LogP contribution in [0, 0.1) is 0 Å². The summed E-state index contributed by atoms with van der Waals surface area (Å²) in [7, 11) is 2.60. The first-order chi connectivity index (χ1) is 4.22. The second-order valence-corrected chi connectivity index (χ2v) is 1.81. The number of nitrogens with zero attached hydrogens (tertiary/aromatic N) is 1. The van der Waals surface area contributed by atoms with Crippen LogP contribution in [0.3, 0.4) is 0 Å². The van der Waals surface area contributed by atoms with Crippen LogP contribution >= 0.6 is 15.9 Å². The van der Waals surface area contributed by atoms with Gasteiger partial charge in [-0.15, -0.1) is 0 Å². The second kappa shape index (κ2) is 4.31. The van der Waals surface area contributed by atoms with Gasteiger partial charge in [0.2, 0.25) is 4.62 Å². The highest BCUT2D eigenvalue weighted by atomic mass is 79.9. The van der Waals surface area contributed by atoms with Crippen molar-refractivity contribution in [1.29, 1.82) is 0 Å². The van der Waals surface area contributed by atoms with Crippen molar-refractivity contribution in [1.82, 2.24) is 0 Å². The number of carbonyl (C=O) groups excluding carboxylic acids is 1. The molecule has 0 aromatic carbocycles. The molecule has 0 atom stereocenters. The molecule has 0 N–H and O–H groups in total. The van der Waals surface area contributed by atoms with Gasteiger partial charge in [-0.05, 0) is 15.9 Å². The minimum Gasteiger partial charge on any atom is -0.464 e. The molecule has 0 saturated heterocycles. The highest BCUT2D eigenvalue weighted by Gasteiger charge is 2.06. The van der Waals surface area contributed by atoms with Gasteiger partial charge in [0.05, 0.1) is 7.11 Å². The van der Waals surface area contributed by atoms with Gasteiger partial charge in [-0.1, -0.05) is 5.16 Å². The zero-order valence-corrected chi connectivity index (χ0v) is 6.64. The van der Waals surface area contributed by atoms with E-state index < -0.39 is 5.97 Å². The first kappa shape index (κ1) is 8.42. The summed E-state index contributed by atoms with van der Waals surface area (Å²) in [4.78, 5) is 14.7. The zero-order valence-electron chi connectivity index (χ0n) is 5.05. The Morgan fingerprint density at radius 3 is 2.44 bits per heavy atom. The number of hydrogen-bond acceptors (Lipinski definition) is 4. The predicted molar refractivity (Wildman–Crippen MR) is 35.4 cm³/mol. The van der Waals surface area contributed by atoms with Crippen LogP contribution in [0.4, 0.5) is 0 Å². The van der Waals surface area contributed by atoms with E-state index in [4.69, 9.17) is 0 Å². The monoisotopic (exact) mass is 195 g/mol. The number of hydrogen-bond donors (Lipinski definition) is 0. The Bertz CT molecular complexity index is 134. The Hall–Kier alpha value is -0.580. The Labute approximate surface area is 60.9 Å². The lowest BCUT2D eigenvalue weighted by Gasteiger charge is -1.92. The number of esters is 1. The van der Waals surface area contributed by atoms with Crippen LogP contribution < -0.4 is 0 Å². The van der Waals surface area contributed by atoms with Crippen LogP contribution in [0.5, 0.6) is 0 Å². The van der Waals surface area contributed by atoms with Gasteiger partial charge in [0.25, 0.3) is 0 Å². The highest BCUT2D eigenvalue weighted by Crippen LogP contribution is 1.91. The lowest BCUT2D eigenvalue weighted by Crippen LogP contribution is -2.08. The summed E-state index contributed by atoms with van der Waals surface area (Å²) < 4.78 is 4.29. The van der Waals surface area contributed by atoms with Crippen LogP contribution in [0.2, 0.25) is 0 Å². The second-order valence-electron chi connectivity index (χ2n) is 1.06. The predicted octanol–water partition coefficient (Wildman–Crippen LogP) is 0.514. The molecule has 0 amide bonds. The molecule has 0 radical (unpaired) electrons. The first-order valence-electron chi connectivity index (χ1n) is 2.07. The number of methoxy groups -OCH3 is 1. The van der Waals surface area contributed by atoms with E-state index in [0.717, 1.165) is 0 Å². The zero-order chi connectivity index (χ0) is 7.28. The molecular weight excluding hydrogens is 190 g/mol. The summed E-state index contributed by atoms with van der Waals surface area (Å²) in [5.41, 5.74) is 0. The van der Waals surface area contributed by atoms with Gasteiger partial charge in [0, 0.05) is 0 Å². The Balaban J connectivity index is 3.86. The normalized spacial score (nSPS) is 10.8. The van der Waals surface area contributed by atoms with Crippen LogP contribution in [-0.2, 0) is 14.4 Å². The lowest BCUT2D eigenvalue weighted by molar-refractivity contribution is -0.132. The minimum absolute atomic E-state index is 0.0208. The molecule has 0 aliphatic heterocycles. The Morgan fingerprint density at radius 2 is 2.11 bits per heavy atom. The van der Waals surface area contributed by atoms with Gasteiger partial charge >= 0.3 is 5.97 Å².